The molecule has 1 aromatic rings. The Kier molecular flexibility index (Phi) is 5.08. The van der Waals surface area contributed by atoms with Gasteiger partial charge < -0.3 is 14.6 Å². The molecule has 0 saturated carbocycles. The van der Waals surface area contributed by atoms with Crippen molar-refractivity contribution in [2.45, 2.75) is 32.9 Å². The van der Waals surface area contributed by atoms with Gasteiger partial charge in [0.2, 0.25) is 5.91 Å². The van der Waals surface area contributed by atoms with Crippen molar-refractivity contribution in [3.63, 3.8) is 0 Å². The maximum absolute atomic E-state index is 12.0. The number of hydrogen-bond donors (Lipinski definition) is 1. The molecule has 0 spiro atoms. The minimum absolute atomic E-state index is 0.0118. The van der Waals surface area contributed by atoms with E-state index in [4.69, 9.17) is 4.74 Å². The Morgan fingerprint density at radius 2 is 2.10 bits per heavy atom. The molecule has 1 fully saturated rings. The number of ether oxygens (including phenoxy) is 1. The Bertz CT molecular complexity index is 440. The van der Waals surface area contributed by atoms with E-state index in [1.807, 2.05) is 11.5 Å². The second-order valence-corrected chi connectivity index (χ2v) is 5.37. The lowest BCUT2D eigenvalue weighted by molar-refractivity contribution is -0.124. The molecule has 2 heterocycles. The molecule has 1 aromatic heterocycles. The van der Waals surface area contributed by atoms with E-state index in [1.54, 1.807) is 6.33 Å². The zero-order chi connectivity index (χ0) is 14.5. The van der Waals surface area contributed by atoms with Crippen LogP contribution in [-0.4, -0.2) is 58.4 Å². The molecule has 0 unspecified atom stereocenters. The normalized spacial score (nSPS) is 18.2. The average Bonchev–Trinajstić information content (AvgIpc) is 2.89. The van der Waals surface area contributed by atoms with Crippen LogP contribution in [0.15, 0.2) is 6.33 Å². The monoisotopic (exact) mass is 281 g/mol. The van der Waals surface area contributed by atoms with Gasteiger partial charge in [-0.1, -0.05) is 0 Å². The first-order chi connectivity index (χ1) is 9.58. The van der Waals surface area contributed by atoms with Crippen LogP contribution in [0.3, 0.4) is 0 Å². The summed E-state index contributed by atoms with van der Waals surface area (Å²) in [5.74, 6) is 0.799. The molecule has 20 heavy (non-hydrogen) atoms. The quantitative estimate of drug-likeness (QED) is 0.844. The minimum atomic E-state index is -0.145. The van der Waals surface area contributed by atoms with Crippen LogP contribution in [-0.2, 0) is 9.53 Å². The minimum Gasteiger partial charge on any atom is -0.379 e. The highest BCUT2D eigenvalue weighted by molar-refractivity contribution is 5.78. The SMILES string of the molecule is CC(C)n1cnnc1[C@H](C)NC(=O)CN1CCOCC1. The van der Waals surface area contributed by atoms with Gasteiger partial charge >= 0.3 is 0 Å². The molecule has 0 aromatic carbocycles. The highest BCUT2D eigenvalue weighted by Gasteiger charge is 2.19. The van der Waals surface area contributed by atoms with Crippen molar-refractivity contribution in [1.29, 1.82) is 0 Å². The van der Waals surface area contributed by atoms with Gasteiger partial charge in [-0.15, -0.1) is 10.2 Å². The lowest BCUT2D eigenvalue weighted by Gasteiger charge is -2.26. The van der Waals surface area contributed by atoms with E-state index in [0.717, 1.165) is 18.9 Å². The molecule has 0 aliphatic carbocycles. The van der Waals surface area contributed by atoms with Crippen molar-refractivity contribution < 1.29 is 9.53 Å². The van der Waals surface area contributed by atoms with Gasteiger partial charge in [-0.05, 0) is 20.8 Å². The van der Waals surface area contributed by atoms with Crippen molar-refractivity contribution in [3.8, 4) is 0 Å². The van der Waals surface area contributed by atoms with Gasteiger partial charge in [0.25, 0.3) is 0 Å². The fraction of sp³-hybridized carbons (Fsp3) is 0.769. The van der Waals surface area contributed by atoms with E-state index in [0.29, 0.717) is 19.8 Å². The molecule has 0 radical (unpaired) electrons. The lowest BCUT2D eigenvalue weighted by atomic mass is 10.2. The smallest absolute Gasteiger partial charge is 0.234 e. The second kappa shape index (κ2) is 6.81. The van der Waals surface area contributed by atoms with Gasteiger partial charge in [0.05, 0.1) is 25.8 Å². The maximum atomic E-state index is 12.0. The van der Waals surface area contributed by atoms with Crippen molar-refractivity contribution in [3.05, 3.63) is 12.2 Å². The summed E-state index contributed by atoms with van der Waals surface area (Å²) in [7, 11) is 0. The summed E-state index contributed by atoms with van der Waals surface area (Å²) in [6.07, 6.45) is 1.70. The molecule has 1 N–H and O–H groups in total. The first-order valence-electron chi connectivity index (χ1n) is 7.06. The molecule has 112 valence electrons. The molecule has 1 aliphatic rings. The van der Waals surface area contributed by atoms with Crippen LogP contribution in [0.4, 0.5) is 0 Å². The molecule has 7 heteroatoms. The molecule has 1 atom stereocenters. The molecule has 0 bridgehead atoms. The third kappa shape index (κ3) is 3.77. The topological polar surface area (TPSA) is 72.3 Å². The van der Waals surface area contributed by atoms with E-state index >= 15 is 0 Å². The van der Waals surface area contributed by atoms with E-state index in [1.165, 1.54) is 0 Å². The van der Waals surface area contributed by atoms with Crippen LogP contribution in [0, 0.1) is 0 Å². The fourth-order valence-corrected chi connectivity index (χ4v) is 2.27. The van der Waals surface area contributed by atoms with Crippen molar-refractivity contribution in [1.82, 2.24) is 25.0 Å². The van der Waals surface area contributed by atoms with Crippen LogP contribution < -0.4 is 5.32 Å². The van der Waals surface area contributed by atoms with Crippen LogP contribution in [0.5, 0.6) is 0 Å². The number of rotatable bonds is 5. The number of nitrogens with zero attached hydrogens (tertiary/aromatic N) is 4. The Hall–Kier alpha value is -1.47. The third-order valence-electron chi connectivity index (χ3n) is 3.39. The Balaban J connectivity index is 1.88. The number of morpholine rings is 1. The van der Waals surface area contributed by atoms with Crippen LogP contribution >= 0.6 is 0 Å². The standard InChI is InChI=1S/C13H23N5O2/c1-10(2)18-9-14-16-13(18)11(3)15-12(19)8-17-4-6-20-7-5-17/h9-11H,4-8H2,1-3H3,(H,15,19)/t11-/m0/s1. The lowest BCUT2D eigenvalue weighted by Crippen LogP contribution is -2.43. The van der Waals surface area contributed by atoms with E-state index in [2.05, 4.69) is 34.3 Å². The van der Waals surface area contributed by atoms with Crippen LogP contribution in [0.1, 0.15) is 38.7 Å². The van der Waals surface area contributed by atoms with Gasteiger partial charge in [-0.25, -0.2) is 0 Å². The summed E-state index contributed by atoms with van der Waals surface area (Å²) in [6.45, 7) is 9.48. The van der Waals surface area contributed by atoms with E-state index in [-0.39, 0.29) is 18.0 Å². The van der Waals surface area contributed by atoms with Crippen molar-refractivity contribution in [2.75, 3.05) is 32.8 Å². The molecule has 1 amide bonds. The number of aromatic nitrogens is 3. The van der Waals surface area contributed by atoms with Crippen molar-refractivity contribution in [2.24, 2.45) is 0 Å². The Morgan fingerprint density at radius 3 is 2.75 bits per heavy atom. The van der Waals surface area contributed by atoms with E-state index < -0.39 is 0 Å². The highest BCUT2D eigenvalue weighted by Crippen LogP contribution is 2.14. The molecular weight excluding hydrogens is 258 g/mol. The first-order valence-corrected chi connectivity index (χ1v) is 7.06. The molecule has 1 saturated heterocycles. The predicted molar refractivity (Wildman–Crippen MR) is 74.2 cm³/mol. The van der Waals surface area contributed by atoms with Gasteiger partial charge in [-0.3, -0.25) is 9.69 Å². The maximum Gasteiger partial charge on any atom is 0.234 e. The largest absolute Gasteiger partial charge is 0.379 e. The summed E-state index contributed by atoms with van der Waals surface area (Å²) >= 11 is 0. The number of nitrogens with one attached hydrogen (secondary N) is 1. The summed E-state index contributed by atoms with van der Waals surface area (Å²) < 4.78 is 7.24. The molecule has 2 rings (SSSR count). The zero-order valence-corrected chi connectivity index (χ0v) is 12.4. The van der Waals surface area contributed by atoms with Crippen LogP contribution in [0.25, 0.3) is 0 Å². The molecular formula is C13H23N5O2. The first kappa shape index (κ1) is 14.9. The third-order valence-corrected chi connectivity index (χ3v) is 3.39. The Morgan fingerprint density at radius 1 is 1.40 bits per heavy atom. The summed E-state index contributed by atoms with van der Waals surface area (Å²) in [6, 6.07) is 0.132. The number of carbonyl (C=O) groups excluding carboxylic acids is 1. The van der Waals surface area contributed by atoms with Gasteiger partial charge in [-0.2, -0.15) is 0 Å². The number of hydrogen-bond acceptors (Lipinski definition) is 5. The summed E-state index contributed by atoms with van der Waals surface area (Å²) in [5.41, 5.74) is 0. The predicted octanol–water partition coefficient (Wildman–Crippen LogP) is 0.368. The van der Waals surface area contributed by atoms with Gasteiger partial charge in [0, 0.05) is 19.1 Å². The number of carbonyl (C=O) groups is 1. The van der Waals surface area contributed by atoms with Crippen LogP contribution in [0.2, 0.25) is 0 Å². The molecule has 1 aliphatic heterocycles. The van der Waals surface area contributed by atoms with E-state index in [9.17, 15) is 4.79 Å². The Labute approximate surface area is 119 Å². The van der Waals surface area contributed by atoms with Crippen molar-refractivity contribution >= 4 is 5.91 Å². The summed E-state index contributed by atoms with van der Waals surface area (Å²) in [4.78, 5) is 14.1. The average molecular weight is 281 g/mol. The van der Waals surface area contributed by atoms with Gasteiger partial charge in [0.1, 0.15) is 6.33 Å². The van der Waals surface area contributed by atoms with Gasteiger partial charge in [0.15, 0.2) is 5.82 Å². The summed E-state index contributed by atoms with van der Waals surface area (Å²) in [5, 5.41) is 11.0. The number of amides is 1. The fourth-order valence-electron chi connectivity index (χ4n) is 2.27. The second-order valence-electron chi connectivity index (χ2n) is 5.37. The molecule has 7 nitrogen and oxygen atoms in total. The highest BCUT2D eigenvalue weighted by atomic mass is 16.5. The zero-order valence-electron chi connectivity index (χ0n) is 12.4.